The molecule has 1 rings (SSSR count). The summed E-state index contributed by atoms with van der Waals surface area (Å²) in [6.45, 7) is 0. The van der Waals surface area contributed by atoms with Crippen molar-refractivity contribution < 1.29 is 18.3 Å². The second-order valence-electron chi connectivity index (χ2n) is 2.77. The van der Waals surface area contributed by atoms with Crippen LogP contribution in [0.2, 0.25) is 5.02 Å². The van der Waals surface area contributed by atoms with Crippen molar-refractivity contribution in [1.82, 2.24) is 0 Å². The zero-order valence-electron chi connectivity index (χ0n) is 7.70. The highest BCUT2D eigenvalue weighted by atomic mass is 35.7. The Morgan fingerprint density at radius 1 is 1.47 bits per heavy atom. The summed E-state index contributed by atoms with van der Waals surface area (Å²) >= 11 is 5.71. The van der Waals surface area contributed by atoms with Crippen LogP contribution in [-0.2, 0) is 14.8 Å². The maximum atomic E-state index is 10.8. The molecule has 0 aliphatic rings. The Morgan fingerprint density at radius 3 is 2.53 bits per heavy atom. The lowest BCUT2D eigenvalue weighted by Gasteiger charge is -2.08. The molecule has 0 aliphatic heterocycles. The second kappa shape index (κ2) is 4.47. The molecule has 0 aliphatic carbocycles. The molecule has 0 amide bonds. The maximum Gasteiger partial charge on any atom is 0.236 e. The van der Waals surface area contributed by atoms with Crippen molar-refractivity contribution in [2.45, 2.75) is 5.75 Å². The van der Waals surface area contributed by atoms with Gasteiger partial charge in [0.25, 0.3) is 0 Å². The third-order valence-corrected chi connectivity index (χ3v) is 3.06. The predicted molar refractivity (Wildman–Crippen MR) is 58.1 cm³/mol. The van der Waals surface area contributed by atoms with Crippen molar-refractivity contribution >= 4 is 31.3 Å². The number of aromatic hydroxyl groups is 1. The molecule has 0 radical (unpaired) electrons. The molecule has 1 aromatic rings. The van der Waals surface area contributed by atoms with Crippen LogP contribution in [0.15, 0.2) is 12.1 Å². The quantitative estimate of drug-likeness (QED) is 0.855. The largest absolute Gasteiger partial charge is 0.506 e. The molecule has 1 N–H and O–H groups in total. The maximum absolute atomic E-state index is 10.8. The van der Waals surface area contributed by atoms with Gasteiger partial charge in [-0.25, -0.2) is 8.42 Å². The van der Waals surface area contributed by atoms with E-state index in [9.17, 15) is 13.5 Å². The number of ether oxygens (including phenoxy) is 1. The third kappa shape index (κ3) is 3.15. The van der Waals surface area contributed by atoms with Crippen LogP contribution in [0, 0.1) is 0 Å². The average Bonchev–Trinajstić information content (AvgIpc) is 2.11. The summed E-state index contributed by atoms with van der Waals surface area (Å²) in [5.41, 5.74) is 0.135. The number of hydrogen-bond donors (Lipinski definition) is 1. The third-order valence-electron chi connectivity index (χ3n) is 1.71. The first kappa shape index (κ1) is 12.4. The van der Waals surface area contributed by atoms with Gasteiger partial charge in [0.1, 0.15) is 16.5 Å². The Morgan fingerprint density at radius 2 is 2.07 bits per heavy atom. The lowest BCUT2D eigenvalue weighted by Crippen LogP contribution is -1.96. The van der Waals surface area contributed by atoms with E-state index < -0.39 is 14.8 Å². The zero-order chi connectivity index (χ0) is 11.6. The summed E-state index contributed by atoms with van der Waals surface area (Å²) in [7, 11) is 2.72. The monoisotopic (exact) mass is 270 g/mol. The van der Waals surface area contributed by atoms with Crippen LogP contribution in [0.4, 0.5) is 0 Å². The van der Waals surface area contributed by atoms with Crippen LogP contribution in [0.1, 0.15) is 5.56 Å². The van der Waals surface area contributed by atoms with E-state index in [2.05, 4.69) is 0 Å². The molecule has 0 saturated carbocycles. The van der Waals surface area contributed by atoms with E-state index in [0.29, 0.717) is 0 Å². The van der Waals surface area contributed by atoms with Crippen LogP contribution in [0.25, 0.3) is 0 Å². The number of benzene rings is 1. The van der Waals surface area contributed by atoms with Gasteiger partial charge >= 0.3 is 0 Å². The van der Waals surface area contributed by atoms with Crippen molar-refractivity contribution in [2.75, 3.05) is 7.11 Å². The smallest absolute Gasteiger partial charge is 0.236 e. The van der Waals surface area contributed by atoms with Gasteiger partial charge in [0.2, 0.25) is 9.05 Å². The molecule has 0 bridgehead atoms. The molecule has 0 spiro atoms. The Bertz CT molecular complexity index is 470. The first-order valence-electron chi connectivity index (χ1n) is 3.82. The minimum atomic E-state index is -3.72. The fourth-order valence-corrected chi connectivity index (χ4v) is 2.26. The van der Waals surface area contributed by atoms with E-state index in [1.807, 2.05) is 0 Å². The Hall–Kier alpha value is -0.650. The minimum absolute atomic E-state index is 0.0321. The minimum Gasteiger partial charge on any atom is -0.506 e. The van der Waals surface area contributed by atoms with Gasteiger partial charge in [0.15, 0.2) is 0 Å². The van der Waals surface area contributed by atoms with Gasteiger partial charge in [-0.05, 0) is 6.07 Å². The standard InChI is InChI=1S/C8H8Cl2O4S/c1-14-6-3-2-5(4-15(10,12)13)8(11)7(6)9/h2-3,11H,4H2,1H3. The van der Waals surface area contributed by atoms with E-state index in [1.165, 1.54) is 19.2 Å². The fourth-order valence-electron chi connectivity index (χ4n) is 1.05. The van der Waals surface area contributed by atoms with Gasteiger partial charge in [0.05, 0.1) is 12.9 Å². The van der Waals surface area contributed by atoms with Gasteiger partial charge < -0.3 is 9.84 Å². The van der Waals surface area contributed by atoms with Crippen LogP contribution in [0.5, 0.6) is 11.5 Å². The molecular formula is C8H8Cl2O4S. The summed E-state index contributed by atoms with van der Waals surface area (Å²) in [6.07, 6.45) is 0. The van der Waals surface area contributed by atoms with Crippen molar-refractivity contribution in [1.29, 1.82) is 0 Å². The molecule has 7 heteroatoms. The SMILES string of the molecule is COc1ccc(CS(=O)(=O)Cl)c(O)c1Cl. The molecule has 15 heavy (non-hydrogen) atoms. The Balaban J connectivity index is 3.18. The van der Waals surface area contributed by atoms with Crippen LogP contribution < -0.4 is 4.74 Å². The number of halogens is 2. The number of rotatable bonds is 3. The van der Waals surface area contributed by atoms with Crippen molar-refractivity contribution in [3.63, 3.8) is 0 Å². The van der Waals surface area contributed by atoms with E-state index in [0.717, 1.165) is 0 Å². The summed E-state index contributed by atoms with van der Waals surface area (Å²) in [4.78, 5) is 0. The van der Waals surface area contributed by atoms with Crippen molar-refractivity contribution in [3.8, 4) is 11.5 Å². The molecule has 0 unspecified atom stereocenters. The fraction of sp³-hybridized carbons (Fsp3) is 0.250. The summed E-state index contributed by atoms with van der Waals surface area (Å²) in [5, 5.41) is 9.51. The van der Waals surface area contributed by atoms with Crippen molar-refractivity contribution in [3.05, 3.63) is 22.7 Å². The lowest BCUT2D eigenvalue weighted by molar-refractivity contribution is 0.407. The topological polar surface area (TPSA) is 63.6 Å². The molecule has 0 aromatic heterocycles. The second-order valence-corrected chi connectivity index (χ2v) is 5.93. The van der Waals surface area contributed by atoms with Crippen LogP contribution in [-0.4, -0.2) is 20.6 Å². The highest BCUT2D eigenvalue weighted by molar-refractivity contribution is 8.13. The number of methoxy groups -OCH3 is 1. The van der Waals surface area contributed by atoms with Gasteiger partial charge in [-0.1, -0.05) is 17.7 Å². The molecule has 0 saturated heterocycles. The average molecular weight is 271 g/mol. The normalized spacial score (nSPS) is 11.4. The predicted octanol–water partition coefficient (Wildman–Crippen LogP) is 2.12. The molecule has 1 aromatic carbocycles. The van der Waals surface area contributed by atoms with E-state index in [4.69, 9.17) is 27.0 Å². The van der Waals surface area contributed by atoms with Gasteiger partial charge in [-0.15, -0.1) is 0 Å². The highest BCUT2D eigenvalue weighted by Gasteiger charge is 2.15. The van der Waals surface area contributed by atoms with Crippen LogP contribution in [0.3, 0.4) is 0 Å². The molecule has 0 fully saturated rings. The first-order chi connectivity index (χ1) is 6.85. The molecule has 0 heterocycles. The Kier molecular flexibility index (Phi) is 3.70. The summed E-state index contributed by atoms with van der Waals surface area (Å²) in [5.74, 6) is -0.547. The first-order valence-corrected chi connectivity index (χ1v) is 6.67. The van der Waals surface area contributed by atoms with Crippen molar-refractivity contribution in [2.24, 2.45) is 0 Å². The molecule has 84 valence electrons. The number of phenols is 1. The van der Waals surface area contributed by atoms with E-state index in [-0.39, 0.29) is 22.1 Å². The molecule has 0 atom stereocenters. The molecular weight excluding hydrogens is 263 g/mol. The van der Waals surface area contributed by atoms with Gasteiger partial charge in [-0.3, -0.25) is 0 Å². The van der Waals surface area contributed by atoms with Gasteiger partial charge in [-0.2, -0.15) is 0 Å². The number of phenolic OH excluding ortho intramolecular Hbond substituents is 1. The van der Waals surface area contributed by atoms with E-state index >= 15 is 0 Å². The zero-order valence-corrected chi connectivity index (χ0v) is 10.0. The Labute approximate surface area is 96.8 Å². The van der Waals surface area contributed by atoms with E-state index in [1.54, 1.807) is 0 Å². The highest BCUT2D eigenvalue weighted by Crippen LogP contribution is 2.36. The van der Waals surface area contributed by atoms with Crippen LogP contribution >= 0.6 is 22.3 Å². The molecule has 4 nitrogen and oxygen atoms in total. The summed E-state index contributed by atoms with van der Waals surface area (Å²) in [6, 6.07) is 2.85. The lowest BCUT2D eigenvalue weighted by atomic mass is 10.2. The van der Waals surface area contributed by atoms with Gasteiger partial charge in [0, 0.05) is 16.2 Å². The number of hydrogen-bond acceptors (Lipinski definition) is 4. The summed E-state index contributed by atoms with van der Waals surface area (Å²) < 4.78 is 26.4.